The van der Waals surface area contributed by atoms with Crippen LogP contribution in [0.1, 0.15) is 78.9 Å². The standard InChI is InChI=1S/C30H48N2O5S/c1-12-30(9,24(8)25-16-18-27(36-14-3)29(23(25)7)38(33,34)31-10)32(11)19-21(5)37-28-22(6)20(4)15-17-26(28)35-13-2/h15-18,21,24,31H,12-14,19H2,1-11H3/t21?,24?,30-/m1/s1/i15D,17D. The summed E-state index contributed by atoms with van der Waals surface area (Å²) in [6, 6.07) is 3.91. The van der Waals surface area contributed by atoms with Crippen LogP contribution in [0.4, 0.5) is 0 Å². The molecule has 0 spiro atoms. The van der Waals surface area contributed by atoms with E-state index < -0.39 is 10.0 Å². The predicted molar refractivity (Wildman–Crippen MR) is 156 cm³/mol. The predicted octanol–water partition coefficient (Wildman–Crippen LogP) is 5.99. The van der Waals surface area contributed by atoms with Crippen LogP contribution in [0.15, 0.2) is 29.1 Å². The van der Waals surface area contributed by atoms with E-state index in [4.69, 9.17) is 17.0 Å². The summed E-state index contributed by atoms with van der Waals surface area (Å²) in [5.74, 6) is 1.14. The number of nitrogens with zero attached hydrogens (tertiary/aromatic N) is 1. The largest absolute Gasteiger partial charge is 0.492 e. The Balaban J connectivity index is 2.45. The molecule has 2 rings (SSSR count). The number of nitrogens with one attached hydrogen (secondary N) is 1. The van der Waals surface area contributed by atoms with Gasteiger partial charge in [0, 0.05) is 12.1 Å². The topological polar surface area (TPSA) is 77.1 Å². The third-order valence-electron chi connectivity index (χ3n) is 7.85. The minimum absolute atomic E-state index is 0.0263. The zero-order chi connectivity index (χ0) is 30.6. The Hall–Kier alpha value is -2.29. The van der Waals surface area contributed by atoms with Gasteiger partial charge >= 0.3 is 0 Å². The number of benzene rings is 2. The van der Waals surface area contributed by atoms with Crippen LogP contribution in [0.5, 0.6) is 17.2 Å². The first-order chi connectivity index (χ1) is 18.6. The Morgan fingerprint density at radius 2 is 1.63 bits per heavy atom. The zero-order valence-electron chi connectivity index (χ0n) is 27.0. The van der Waals surface area contributed by atoms with Crippen LogP contribution in [-0.2, 0) is 10.0 Å². The number of ether oxygens (including phenoxy) is 3. The van der Waals surface area contributed by atoms with Gasteiger partial charge in [-0.25, -0.2) is 13.1 Å². The number of sulfonamides is 1. The summed E-state index contributed by atoms with van der Waals surface area (Å²) in [5.41, 5.74) is 2.78. The quantitative estimate of drug-likeness (QED) is 0.311. The Labute approximate surface area is 233 Å². The maximum Gasteiger partial charge on any atom is 0.244 e. The van der Waals surface area contributed by atoms with E-state index in [1.54, 1.807) is 6.07 Å². The van der Waals surface area contributed by atoms with Crippen molar-refractivity contribution in [2.24, 2.45) is 0 Å². The average molecular weight is 551 g/mol. The van der Waals surface area contributed by atoms with Crippen LogP contribution in [0.2, 0.25) is 0 Å². The molecule has 0 aliphatic carbocycles. The van der Waals surface area contributed by atoms with Gasteiger partial charge in [0.15, 0.2) is 11.5 Å². The summed E-state index contributed by atoms with van der Waals surface area (Å²) in [6.45, 7) is 19.0. The lowest BCUT2D eigenvalue weighted by Crippen LogP contribution is -2.50. The molecule has 0 saturated heterocycles. The molecule has 0 aliphatic heterocycles. The molecule has 38 heavy (non-hydrogen) atoms. The van der Waals surface area contributed by atoms with E-state index in [2.05, 4.69) is 37.4 Å². The summed E-state index contributed by atoms with van der Waals surface area (Å²) in [4.78, 5) is 2.44. The summed E-state index contributed by atoms with van der Waals surface area (Å²) in [5, 5.41) is 0. The Bertz CT molecular complexity index is 1300. The average Bonchev–Trinajstić information content (AvgIpc) is 2.91. The van der Waals surface area contributed by atoms with Crippen molar-refractivity contribution in [3.8, 4) is 17.2 Å². The van der Waals surface area contributed by atoms with Crippen LogP contribution in [0.3, 0.4) is 0 Å². The number of hydrogen-bond acceptors (Lipinski definition) is 6. The fourth-order valence-electron chi connectivity index (χ4n) is 4.96. The maximum absolute atomic E-state index is 13.0. The highest BCUT2D eigenvalue weighted by Gasteiger charge is 2.37. The first-order valence-electron chi connectivity index (χ1n) is 14.4. The van der Waals surface area contributed by atoms with E-state index in [1.165, 1.54) is 7.05 Å². The fraction of sp³-hybridized carbons (Fsp3) is 0.600. The molecule has 2 aromatic rings. The molecule has 0 fully saturated rings. The molecule has 0 amide bonds. The van der Waals surface area contributed by atoms with Crippen LogP contribution in [0, 0.1) is 20.8 Å². The molecule has 214 valence electrons. The minimum Gasteiger partial charge on any atom is -0.492 e. The SMILES string of the molecule is [2H]c1c([2H])c(OCC)c(OC(C)CN(C)[C@](C)(CC)C(C)c2ccc(OCC)c(S(=O)(=O)NC)c2C)c(C)c1C. The number of hydrogen-bond donors (Lipinski definition) is 1. The van der Waals surface area contributed by atoms with Crippen molar-refractivity contribution >= 4 is 10.0 Å². The van der Waals surface area contributed by atoms with E-state index in [9.17, 15) is 8.42 Å². The van der Waals surface area contributed by atoms with Crippen LogP contribution < -0.4 is 18.9 Å². The van der Waals surface area contributed by atoms with Crippen molar-refractivity contribution in [1.29, 1.82) is 0 Å². The molecule has 0 radical (unpaired) electrons. The monoisotopic (exact) mass is 550 g/mol. The molecule has 0 heterocycles. The van der Waals surface area contributed by atoms with Crippen molar-refractivity contribution in [3.63, 3.8) is 0 Å². The second-order valence-electron chi connectivity index (χ2n) is 10.1. The fourth-order valence-corrected chi connectivity index (χ4v) is 6.08. The molecule has 1 N–H and O–H groups in total. The van der Waals surface area contributed by atoms with Crippen molar-refractivity contribution in [1.82, 2.24) is 9.62 Å². The van der Waals surface area contributed by atoms with Crippen LogP contribution >= 0.6 is 0 Å². The van der Waals surface area contributed by atoms with Gasteiger partial charge in [-0.3, -0.25) is 4.90 Å². The normalized spacial score (nSPS) is 15.9. The van der Waals surface area contributed by atoms with Crippen LogP contribution in [-0.4, -0.2) is 58.8 Å². The number of likely N-dealkylation sites (N-methyl/N-ethyl adjacent to an activating group) is 1. The van der Waals surface area contributed by atoms with E-state index >= 15 is 0 Å². The molecule has 8 heteroatoms. The molecule has 2 unspecified atom stereocenters. The molecular weight excluding hydrogens is 500 g/mol. The van der Waals surface area contributed by atoms with Crippen molar-refractivity contribution in [2.75, 3.05) is 33.9 Å². The first kappa shape index (κ1) is 28.7. The summed E-state index contributed by atoms with van der Waals surface area (Å²) in [6.07, 6.45) is 0.559. The molecule has 0 aliphatic rings. The summed E-state index contributed by atoms with van der Waals surface area (Å²) in [7, 11) is -0.271. The van der Waals surface area contributed by atoms with Gasteiger partial charge in [-0.1, -0.05) is 26.0 Å². The maximum atomic E-state index is 13.0. The molecule has 0 saturated carbocycles. The lowest BCUT2D eigenvalue weighted by atomic mass is 9.77. The van der Waals surface area contributed by atoms with E-state index in [0.717, 1.165) is 17.5 Å². The van der Waals surface area contributed by atoms with Gasteiger partial charge in [0.1, 0.15) is 16.7 Å². The minimum atomic E-state index is -3.74. The van der Waals surface area contributed by atoms with Crippen molar-refractivity contribution < 1.29 is 25.4 Å². The van der Waals surface area contributed by atoms with Crippen molar-refractivity contribution in [3.05, 3.63) is 46.5 Å². The van der Waals surface area contributed by atoms with Gasteiger partial charge in [-0.05, 0) is 109 Å². The molecule has 0 aromatic heterocycles. The smallest absolute Gasteiger partial charge is 0.244 e. The van der Waals surface area contributed by atoms with Gasteiger partial charge in [-0.2, -0.15) is 0 Å². The van der Waals surface area contributed by atoms with Gasteiger partial charge in [0.25, 0.3) is 0 Å². The highest BCUT2D eigenvalue weighted by Crippen LogP contribution is 2.41. The summed E-state index contributed by atoms with van der Waals surface area (Å²) < 4.78 is 63.0. The number of rotatable bonds is 14. The second kappa shape index (κ2) is 13.2. The molecule has 3 atom stereocenters. The van der Waals surface area contributed by atoms with Crippen molar-refractivity contribution in [2.45, 2.75) is 91.2 Å². The van der Waals surface area contributed by atoms with Gasteiger partial charge in [0.2, 0.25) is 10.0 Å². The highest BCUT2D eigenvalue weighted by molar-refractivity contribution is 7.89. The van der Waals surface area contributed by atoms with E-state index in [-0.39, 0.29) is 34.5 Å². The van der Waals surface area contributed by atoms with Gasteiger partial charge in [0.05, 0.1) is 16.0 Å². The third-order valence-corrected chi connectivity index (χ3v) is 9.43. The zero-order valence-corrected chi connectivity index (χ0v) is 25.9. The Morgan fingerprint density at radius 1 is 1.03 bits per heavy atom. The molecule has 7 nitrogen and oxygen atoms in total. The molecule has 0 bridgehead atoms. The second-order valence-corrected chi connectivity index (χ2v) is 11.9. The van der Waals surface area contributed by atoms with Gasteiger partial charge < -0.3 is 14.2 Å². The lowest BCUT2D eigenvalue weighted by Gasteiger charge is -2.45. The summed E-state index contributed by atoms with van der Waals surface area (Å²) >= 11 is 0. The van der Waals surface area contributed by atoms with Gasteiger partial charge in [-0.15, -0.1) is 0 Å². The highest BCUT2D eigenvalue weighted by atomic mass is 32.2. The van der Waals surface area contributed by atoms with E-state index in [1.807, 2.05) is 47.6 Å². The Kier molecular flexibility index (Phi) is 9.96. The lowest BCUT2D eigenvalue weighted by molar-refractivity contribution is 0.0610. The third kappa shape index (κ3) is 6.64. The first-order valence-corrected chi connectivity index (χ1v) is 14.9. The van der Waals surface area contributed by atoms with E-state index in [0.29, 0.717) is 48.1 Å². The van der Waals surface area contributed by atoms with Crippen LogP contribution in [0.25, 0.3) is 0 Å². The molecule has 2 aromatic carbocycles. The Morgan fingerprint density at radius 3 is 2.18 bits per heavy atom. The molecular formula is C30H48N2O5S.